The van der Waals surface area contributed by atoms with Crippen LogP contribution in [-0.2, 0) is 15.0 Å². The lowest BCUT2D eigenvalue weighted by molar-refractivity contribution is 0.275. The molecule has 0 saturated heterocycles. The first kappa shape index (κ1) is 17.8. The van der Waals surface area contributed by atoms with Crippen LogP contribution in [0.1, 0.15) is 0 Å². The summed E-state index contributed by atoms with van der Waals surface area (Å²) in [5, 5.41) is 6.50. The third-order valence-corrected chi connectivity index (χ3v) is 0. The van der Waals surface area contributed by atoms with E-state index in [2.05, 4.69) is 5.90 Å². The van der Waals surface area contributed by atoms with Crippen molar-refractivity contribution in [3.8, 4) is 0 Å². The molecule has 0 saturated carbocycles. The van der Waals surface area contributed by atoms with Gasteiger partial charge in [0.15, 0.2) is 0 Å². The quantitative estimate of drug-likeness (QED) is 0.135. The highest BCUT2D eigenvalue weighted by atomic mass is 32.3. The van der Waals surface area contributed by atoms with Crippen molar-refractivity contribution in [1.29, 1.82) is 0 Å². The Labute approximate surface area is 67.0 Å². The Morgan fingerprint density at radius 2 is 1.00 bits per heavy atom. The topological polar surface area (TPSA) is 199 Å². The zero-order valence-electron chi connectivity index (χ0n) is 5.34. The molecule has 0 spiro atoms. The number of hydrogen-bond acceptors (Lipinski definition) is 5. The lowest BCUT2D eigenvalue weighted by Gasteiger charge is -1.82. The van der Waals surface area contributed by atoms with E-state index in [0.717, 1.165) is 0 Å². The van der Waals surface area contributed by atoms with Gasteiger partial charge in [-0.1, -0.05) is 0 Å². The van der Waals surface area contributed by atoms with E-state index in [1.165, 1.54) is 0 Å². The van der Waals surface area contributed by atoms with E-state index < -0.39 is 18.2 Å². The van der Waals surface area contributed by atoms with E-state index in [0.29, 0.717) is 0 Å². The van der Waals surface area contributed by atoms with Gasteiger partial charge in [-0.05, 0) is 0 Å². The number of nitrogens with two attached hydrogens (primary N) is 1. The molecule has 10 nitrogen and oxygen atoms in total. The highest BCUT2D eigenvalue weighted by Crippen LogP contribution is 2.25. The van der Waals surface area contributed by atoms with Crippen molar-refractivity contribution in [2.45, 2.75) is 0 Å². The molecule has 8 N–H and O–H groups in total. The van der Waals surface area contributed by atoms with Crippen LogP contribution in [0.2, 0.25) is 0 Å². The highest BCUT2D eigenvalue weighted by molar-refractivity contribution is 7.79. The van der Waals surface area contributed by atoms with Crippen LogP contribution in [0.5, 0.6) is 0 Å². The van der Waals surface area contributed by atoms with E-state index >= 15 is 0 Å². The molecule has 0 aliphatic rings. The smallest absolute Gasteiger partial charge is 0.320 e. The lowest BCUT2D eigenvalue weighted by atomic mass is 13.6. The second-order valence-corrected chi connectivity index (χ2v) is 2.88. The minimum Gasteiger partial charge on any atom is -0.320 e. The Morgan fingerprint density at radius 3 is 1.00 bits per heavy atom. The maximum atomic E-state index is 8.88. The Hall–Kier alpha value is -0.100. The second kappa shape index (κ2) is 7.54. The summed E-state index contributed by atoms with van der Waals surface area (Å²) >= 11 is 0. The Kier molecular flexibility index (Phi) is 11.2. The summed E-state index contributed by atoms with van der Waals surface area (Å²) in [7, 11) is -9.31. The largest absolute Gasteiger partial charge is 0.466 e. The minimum atomic E-state index is -4.67. The lowest BCUT2D eigenvalue weighted by Crippen LogP contribution is -1.89. The molecule has 0 heterocycles. The van der Waals surface area contributed by atoms with Crippen LogP contribution in [0.3, 0.4) is 0 Å². The molecule has 0 aromatic heterocycles. The number of hydrogen-bond donors (Lipinski definition) is 7. The molecule has 0 radical (unpaired) electrons. The van der Waals surface area contributed by atoms with Gasteiger partial charge in [0.2, 0.25) is 0 Å². The molecule has 0 fully saturated rings. The fourth-order valence-electron chi connectivity index (χ4n) is 0. The molecule has 0 atom stereocenters. The van der Waals surface area contributed by atoms with Gasteiger partial charge in [-0.3, -0.25) is 9.11 Å². The molecule has 0 aromatic rings. The molecule has 0 aromatic carbocycles. The third kappa shape index (κ3) is 78400. The average Bonchev–Trinajstić information content (AvgIpc) is 1.59. The number of phosphoric acid groups is 1. The molecule has 0 rings (SSSR count). The van der Waals surface area contributed by atoms with Crippen LogP contribution in [0.15, 0.2) is 0 Å². The predicted octanol–water partition coefficient (Wildman–Crippen LogP) is -2.25. The van der Waals surface area contributed by atoms with Crippen LogP contribution >= 0.6 is 7.82 Å². The van der Waals surface area contributed by atoms with E-state index in [1.807, 2.05) is 0 Å². The first-order valence-corrected chi connectivity index (χ1v) is 4.70. The van der Waals surface area contributed by atoms with Crippen molar-refractivity contribution in [1.82, 2.24) is 0 Å². The first-order chi connectivity index (χ1) is 5.00. The fourth-order valence-corrected chi connectivity index (χ4v) is 0. The van der Waals surface area contributed by atoms with Gasteiger partial charge >= 0.3 is 18.2 Å². The predicted molar refractivity (Wildman–Crippen MR) is 34.4 cm³/mol. The Balaban J connectivity index is -0.000000112. The van der Waals surface area contributed by atoms with Gasteiger partial charge in [-0.25, -0.2) is 10.5 Å². The Morgan fingerprint density at radius 1 is 1.00 bits per heavy atom. The third-order valence-electron chi connectivity index (χ3n) is 0. The summed E-state index contributed by atoms with van der Waals surface area (Å²) < 4.78 is 40.5. The molecule has 0 aliphatic heterocycles. The molecule has 78 valence electrons. The van der Waals surface area contributed by atoms with E-state index in [9.17, 15) is 0 Å². The van der Waals surface area contributed by atoms with Crippen LogP contribution in [0.25, 0.3) is 0 Å². The molecule has 0 bridgehead atoms. The summed E-state index contributed by atoms with van der Waals surface area (Å²) in [4.78, 5) is 21.6. The van der Waals surface area contributed by atoms with Crippen LogP contribution < -0.4 is 5.90 Å². The summed E-state index contributed by atoms with van der Waals surface area (Å²) in [6.07, 6.45) is 0. The molecule has 0 aliphatic carbocycles. The molecule has 12 heteroatoms. The monoisotopic (exact) mass is 229 g/mol. The molecule has 12 heavy (non-hydrogen) atoms. The minimum absolute atomic E-state index is 3.50. The highest BCUT2D eigenvalue weighted by Gasteiger charge is 2.00. The van der Waals surface area contributed by atoms with E-state index in [1.54, 1.807) is 0 Å². The van der Waals surface area contributed by atoms with Crippen LogP contribution in [-0.4, -0.2) is 37.4 Å². The zero-order chi connectivity index (χ0) is 11.0. The van der Waals surface area contributed by atoms with Crippen molar-refractivity contribution in [3.63, 3.8) is 0 Å². The molecular weight excluding hydrogens is 221 g/mol. The van der Waals surface area contributed by atoms with Crippen LogP contribution in [0.4, 0.5) is 0 Å². The summed E-state index contributed by atoms with van der Waals surface area (Å²) in [5.74, 6) is 3.50. The van der Waals surface area contributed by atoms with Gasteiger partial charge in [-0.15, -0.1) is 0 Å². The maximum Gasteiger partial charge on any atom is 0.466 e. The van der Waals surface area contributed by atoms with Crippen molar-refractivity contribution < 1.29 is 42.0 Å². The van der Waals surface area contributed by atoms with Gasteiger partial charge in [-0.2, -0.15) is 8.42 Å². The SMILES string of the molecule is NO.O=P(O)(O)O.O=S(=O)(O)O. The number of rotatable bonds is 0. The van der Waals surface area contributed by atoms with Crippen molar-refractivity contribution in [2.24, 2.45) is 5.90 Å². The normalized spacial score (nSPS) is 10.2. The standard InChI is InChI=1S/H3NO.H3O4P.H2O4S/c1-2;2*1-5(2,3)4/h2H,1H2;(H3,1,2,3,4);(H2,1,2,3,4). The Bertz CT molecular complexity index is 192. The van der Waals surface area contributed by atoms with Gasteiger partial charge in [0.1, 0.15) is 0 Å². The summed E-state index contributed by atoms with van der Waals surface area (Å²) in [5.41, 5.74) is 0. The van der Waals surface area contributed by atoms with Crippen LogP contribution in [0, 0.1) is 0 Å². The zero-order valence-corrected chi connectivity index (χ0v) is 7.05. The van der Waals surface area contributed by atoms with E-state index in [4.69, 9.17) is 42.0 Å². The van der Waals surface area contributed by atoms with Crippen molar-refractivity contribution in [2.75, 3.05) is 0 Å². The van der Waals surface area contributed by atoms with Gasteiger partial charge in [0.05, 0.1) is 0 Å². The van der Waals surface area contributed by atoms with Gasteiger partial charge in [0.25, 0.3) is 0 Å². The summed E-state index contributed by atoms with van der Waals surface area (Å²) in [6.45, 7) is 0. The average molecular weight is 229 g/mol. The van der Waals surface area contributed by atoms with Crippen molar-refractivity contribution >= 4 is 18.2 Å². The van der Waals surface area contributed by atoms with Gasteiger partial charge in [0, 0.05) is 0 Å². The maximum absolute atomic E-state index is 8.88. The van der Waals surface area contributed by atoms with Crippen molar-refractivity contribution in [3.05, 3.63) is 0 Å². The summed E-state index contributed by atoms with van der Waals surface area (Å²) in [6, 6.07) is 0. The second-order valence-electron chi connectivity index (χ2n) is 0.961. The first-order valence-electron chi connectivity index (χ1n) is 1.74. The van der Waals surface area contributed by atoms with Gasteiger partial charge < -0.3 is 19.9 Å². The molecule has 0 amide bonds. The van der Waals surface area contributed by atoms with E-state index in [-0.39, 0.29) is 0 Å². The fraction of sp³-hybridized carbons (Fsp3) is 0. The molecule has 0 unspecified atom stereocenters. The molecular formula is H8NO9PS.